The standard InChI is InChI=1S/C20H25NO2/c1-20(23,18-10-6-3-7-11-18)21-14-12-17(13-15-21)19(22)16-8-4-2-5-9-16/h2-11,17,19,22-23H,12-15H2,1H3. The lowest BCUT2D eigenvalue weighted by Crippen LogP contribution is -2.48. The highest BCUT2D eigenvalue weighted by Gasteiger charge is 2.35. The predicted octanol–water partition coefficient (Wildman–Crippen LogP) is 3.30. The van der Waals surface area contributed by atoms with Gasteiger partial charge in [-0.2, -0.15) is 0 Å². The topological polar surface area (TPSA) is 43.7 Å². The molecule has 122 valence electrons. The maximum atomic E-state index is 10.9. The molecule has 0 bridgehead atoms. The van der Waals surface area contributed by atoms with Crippen molar-refractivity contribution >= 4 is 0 Å². The molecule has 1 heterocycles. The minimum Gasteiger partial charge on any atom is -0.388 e. The molecule has 2 aromatic carbocycles. The van der Waals surface area contributed by atoms with E-state index in [-0.39, 0.29) is 5.92 Å². The molecule has 0 radical (unpaired) electrons. The molecule has 2 N–H and O–H groups in total. The highest BCUT2D eigenvalue weighted by Crippen LogP contribution is 2.35. The summed E-state index contributed by atoms with van der Waals surface area (Å²) in [5.41, 5.74) is 0.951. The molecule has 0 saturated carbocycles. The van der Waals surface area contributed by atoms with Gasteiger partial charge in [-0.1, -0.05) is 60.7 Å². The van der Waals surface area contributed by atoms with E-state index in [2.05, 4.69) is 4.90 Å². The van der Waals surface area contributed by atoms with Crippen molar-refractivity contribution in [2.45, 2.75) is 31.6 Å². The van der Waals surface area contributed by atoms with Gasteiger partial charge in [0.2, 0.25) is 0 Å². The second-order valence-electron chi connectivity index (χ2n) is 6.57. The third-order valence-electron chi connectivity index (χ3n) is 5.06. The minimum absolute atomic E-state index is 0.250. The Kier molecular flexibility index (Phi) is 4.81. The first-order chi connectivity index (χ1) is 11.1. The van der Waals surface area contributed by atoms with Crippen LogP contribution in [-0.4, -0.2) is 28.2 Å². The van der Waals surface area contributed by atoms with Crippen LogP contribution in [0.5, 0.6) is 0 Å². The normalized spacial score (nSPS) is 20.8. The van der Waals surface area contributed by atoms with Crippen LogP contribution < -0.4 is 0 Å². The molecule has 1 aliphatic heterocycles. The van der Waals surface area contributed by atoms with Gasteiger partial charge in [0.15, 0.2) is 0 Å². The Labute approximate surface area is 138 Å². The number of hydrogen-bond acceptors (Lipinski definition) is 3. The fourth-order valence-corrected chi connectivity index (χ4v) is 3.51. The predicted molar refractivity (Wildman–Crippen MR) is 91.7 cm³/mol. The lowest BCUT2D eigenvalue weighted by Gasteiger charge is -2.42. The maximum Gasteiger partial charge on any atom is 0.141 e. The Morgan fingerprint density at radius 3 is 2.04 bits per heavy atom. The first-order valence-electron chi connectivity index (χ1n) is 8.35. The summed E-state index contributed by atoms with van der Waals surface area (Å²) in [7, 11) is 0. The number of aliphatic hydroxyl groups excluding tert-OH is 1. The molecule has 1 fully saturated rings. The average Bonchev–Trinajstić information content (AvgIpc) is 2.63. The fourth-order valence-electron chi connectivity index (χ4n) is 3.51. The Bertz CT molecular complexity index is 604. The Hall–Kier alpha value is -1.68. The molecule has 2 aromatic rings. The van der Waals surface area contributed by atoms with Crippen LogP contribution in [0.1, 0.15) is 37.0 Å². The van der Waals surface area contributed by atoms with Gasteiger partial charge in [-0.05, 0) is 36.8 Å². The van der Waals surface area contributed by atoms with E-state index < -0.39 is 11.8 Å². The van der Waals surface area contributed by atoms with Crippen molar-refractivity contribution in [3.8, 4) is 0 Å². The zero-order valence-corrected chi connectivity index (χ0v) is 13.6. The summed E-state index contributed by atoms with van der Waals surface area (Å²) in [6.45, 7) is 3.43. The molecule has 2 atom stereocenters. The van der Waals surface area contributed by atoms with Crippen LogP contribution in [0.15, 0.2) is 60.7 Å². The van der Waals surface area contributed by atoms with Crippen LogP contribution in [0, 0.1) is 5.92 Å². The summed E-state index contributed by atoms with van der Waals surface area (Å²) >= 11 is 0. The summed E-state index contributed by atoms with van der Waals surface area (Å²) in [6.07, 6.45) is 1.36. The summed E-state index contributed by atoms with van der Waals surface area (Å²) in [5, 5.41) is 21.5. The molecule has 23 heavy (non-hydrogen) atoms. The highest BCUT2D eigenvalue weighted by molar-refractivity contribution is 5.21. The van der Waals surface area contributed by atoms with Crippen molar-refractivity contribution in [3.63, 3.8) is 0 Å². The molecule has 0 aliphatic carbocycles. The van der Waals surface area contributed by atoms with Crippen molar-refractivity contribution < 1.29 is 10.2 Å². The lowest BCUT2D eigenvalue weighted by molar-refractivity contribution is -0.120. The van der Waals surface area contributed by atoms with Gasteiger partial charge in [0.1, 0.15) is 5.72 Å². The minimum atomic E-state index is -0.954. The summed E-state index contributed by atoms with van der Waals surface area (Å²) < 4.78 is 0. The molecule has 3 nitrogen and oxygen atoms in total. The molecular formula is C20H25NO2. The molecular weight excluding hydrogens is 286 g/mol. The van der Waals surface area contributed by atoms with Crippen molar-refractivity contribution in [1.29, 1.82) is 0 Å². The fraction of sp³-hybridized carbons (Fsp3) is 0.400. The number of aliphatic hydroxyl groups is 2. The quantitative estimate of drug-likeness (QED) is 0.910. The summed E-state index contributed by atoms with van der Waals surface area (Å²) in [6, 6.07) is 19.7. The van der Waals surface area contributed by atoms with E-state index in [1.807, 2.05) is 67.6 Å². The van der Waals surface area contributed by atoms with E-state index in [1.165, 1.54) is 0 Å². The maximum absolute atomic E-state index is 10.9. The van der Waals surface area contributed by atoms with Gasteiger partial charge in [0.05, 0.1) is 6.10 Å². The molecule has 1 saturated heterocycles. The van der Waals surface area contributed by atoms with Gasteiger partial charge < -0.3 is 10.2 Å². The molecule has 0 spiro atoms. The Balaban J connectivity index is 1.64. The molecule has 3 heteroatoms. The van der Waals surface area contributed by atoms with Crippen LogP contribution >= 0.6 is 0 Å². The zero-order chi connectivity index (χ0) is 16.3. The van der Waals surface area contributed by atoms with Gasteiger partial charge in [-0.15, -0.1) is 0 Å². The third kappa shape index (κ3) is 3.47. The van der Waals surface area contributed by atoms with Gasteiger partial charge in [-0.3, -0.25) is 4.90 Å². The first kappa shape index (κ1) is 16.2. The number of hydrogen-bond donors (Lipinski definition) is 2. The largest absolute Gasteiger partial charge is 0.388 e. The Morgan fingerprint density at radius 1 is 0.957 bits per heavy atom. The number of piperidine rings is 1. The molecule has 0 amide bonds. The second-order valence-corrected chi connectivity index (χ2v) is 6.57. The van der Waals surface area contributed by atoms with Crippen molar-refractivity contribution in [2.24, 2.45) is 5.92 Å². The summed E-state index contributed by atoms with van der Waals surface area (Å²) in [5.74, 6) is 0.250. The number of likely N-dealkylation sites (tertiary alicyclic amines) is 1. The van der Waals surface area contributed by atoms with Crippen molar-refractivity contribution in [1.82, 2.24) is 4.90 Å². The van der Waals surface area contributed by atoms with Crippen LogP contribution in [0.3, 0.4) is 0 Å². The van der Waals surface area contributed by atoms with E-state index in [9.17, 15) is 10.2 Å². The monoisotopic (exact) mass is 311 g/mol. The second kappa shape index (κ2) is 6.83. The van der Waals surface area contributed by atoms with E-state index >= 15 is 0 Å². The van der Waals surface area contributed by atoms with E-state index in [0.29, 0.717) is 0 Å². The van der Waals surface area contributed by atoms with E-state index in [1.54, 1.807) is 0 Å². The zero-order valence-electron chi connectivity index (χ0n) is 13.6. The molecule has 1 aliphatic rings. The average molecular weight is 311 g/mol. The SMILES string of the molecule is CC(O)(c1ccccc1)N1CCC(C(O)c2ccccc2)CC1. The van der Waals surface area contributed by atoms with Crippen molar-refractivity contribution in [2.75, 3.05) is 13.1 Å². The van der Waals surface area contributed by atoms with Gasteiger partial charge in [0, 0.05) is 13.1 Å². The molecule has 0 aromatic heterocycles. The van der Waals surface area contributed by atoms with Gasteiger partial charge in [-0.25, -0.2) is 0 Å². The van der Waals surface area contributed by atoms with E-state index in [0.717, 1.165) is 37.1 Å². The van der Waals surface area contributed by atoms with Crippen LogP contribution in [-0.2, 0) is 5.72 Å². The summed E-state index contributed by atoms with van der Waals surface area (Å²) in [4.78, 5) is 2.11. The van der Waals surface area contributed by atoms with Gasteiger partial charge in [0.25, 0.3) is 0 Å². The van der Waals surface area contributed by atoms with Crippen LogP contribution in [0.4, 0.5) is 0 Å². The first-order valence-corrected chi connectivity index (χ1v) is 8.35. The highest BCUT2D eigenvalue weighted by atomic mass is 16.3. The molecule has 3 rings (SSSR count). The third-order valence-corrected chi connectivity index (χ3v) is 5.06. The smallest absolute Gasteiger partial charge is 0.141 e. The molecule has 2 unspecified atom stereocenters. The number of rotatable bonds is 4. The number of benzene rings is 2. The number of nitrogens with zero attached hydrogens (tertiary/aromatic N) is 1. The Morgan fingerprint density at radius 2 is 1.48 bits per heavy atom. The van der Waals surface area contributed by atoms with Crippen molar-refractivity contribution in [3.05, 3.63) is 71.8 Å². The van der Waals surface area contributed by atoms with Gasteiger partial charge >= 0.3 is 0 Å². The lowest BCUT2D eigenvalue weighted by atomic mass is 9.86. The van der Waals surface area contributed by atoms with Crippen LogP contribution in [0.2, 0.25) is 0 Å². The van der Waals surface area contributed by atoms with Crippen LogP contribution in [0.25, 0.3) is 0 Å². The van der Waals surface area contributed by atoms with E-state index in [4.69, 9.17) is 0 Å².